The number of aromatic nitrogens is 1. The Bertz CT molecular complexity index is 810. The van der Waals surface area contributed by atoms with E-state index in [1.807, 2.05) is 6.20 Å². The third-order valence-electron chi connectivity index (χ3n) is 6.54. The molecule has 2 aromatic rings. The van der Waals surface area contributed by atoms with Crippen LogP contribution in [0, 0.1) is 5.92 Å². The average Bonchev–Trinajstić information content (AvgIpc) is 2.81. The van der Waals surface area contributed by atoms with E-state index in [1.165, 1.54) is 18.4 Å². The molecule has 2 amide bonds. The number of carbonyl (C=O) groups is 1. The number of nitrogens with zero attached hydrogens (tertiary/aromatic N) is 3. The Morgan fingerprint density at radius 3 is 2.39 bits per heavy atom. The number of hydrogen-bond acceptors (Lipinski definition) is 4. The van der Waals surface area contributed by atoms with Gasteiger partial charge in [-0.05, 0) is 48.8 Å². The number of pyridine rings is 1. The smallest absolute Gasteiger partial charge is 0.315 e. The molecular weight excluding hydrogens is 386 g/mol. The molecule has 0 unspecified atom stereocenters. The monoisotopic (exact) mass is 421 g/mol. The number of rotatable bonds is 6. The number of benzene rings is 1. The van der Waals surface area contributed by atoms with Crippen molar-refractivity contribution in [3.63, 3.8) is 0 Å². The van der Waals surface area contributed by atoms with E-state index in [-0.39, 0.29) is 12.1 Å². The number of nitrogens with one attached hydrogen (secondary N) is 2. The Labute approximate surface area is 186 Å². The lowest BCUT2D eigenvalue weighted by atomic mass is 9.99. The fourth-order valence-corrected chi connectivity index (χ4v) is 4.44. The van der Waals surface area contributed by atoms with E-state index in [1.54, 1.807) is 0 Å². The van der Waals surface area contributed by atoms with Crippen LogP contribution in [0.2, 0.25) is 0 Å². The standard InChI is InChI=1S/C25H35N5O/c1-20-9-15-30(16-10-20)24-8-7-22(17-26-24)18-27-25(31)28-23-11-13-29(14-12-23)19-21-5-3-2-4-6-21/h2-8,17,20,23H,9-16,18-19H2,1H3,(H2,27,28,31). The Morgan fingerprint density at radius 2 is 1.71 bits per heavy atom. The molecule has 1 aromatic carbocycles. The van der Waals surface area contributed by atoms with E-state index in [0.29, 0.717) is 6.54 Å². The summed E-state index contributed by atoms with van der Waals surface area (Å²) >= 11 is 0. The summed E-state index contributed by atoms with van der Waals surface area (Å²) in [6.45, 7) is 8.00. The van der Waals surface area contributed by atoms with Crippen LogP contribution >= 0.6 is 0 Å². The summed E-state index contributed by atoms with van der Waals surface area (Å²) in [6.07, 6.45) is 6.33. The summed E-state index contributed by atoms with van der Waals surface area (Å²) in [5.41, 5.74) is 2.38. The highest BCUT2D eigenvalue weighted by Gasteiger charge is 2.21. The minimum absolute atomic E-state index is 0.0874. The summed E-state index contributed by atoms with van der Waals surface area (Å²) in [5, 5.41) is 6.12. The third-order valence-corrected chi connectivity index (χ3v) is 6.54. The maximum Gasteiger partial charge on any atom is 0.315 e. The largest absolute Gasteiger partial charge is 0.357 e. The van der Waals surface area contributed by atoms with Gasteiger partial charge in [-0.3, -0.25) is 4.90 Å². The highest BCUT2D eigenvalue weighted by Crippen LogP contribution is 2.21. The first-order valence-corrected chi connectivity index (χ1v) is 11.7. The fourth-order valence-electron chi connectivity index (χ4n) is 4.44. The van der Waals surface area contributed by atoms with Crippen molar-refractivity contribution in [2.24, 2.45) is 5.92 Å². The van der Waals surface area contributed by atoms with Crippen molar-refractivity contribution in [1.82, 2.24) is 20.5 Å². The zero-order valence-corrected chi connectivity index (χ0v) is 18.6. The fraction of sp³-hybridized carbons (Fsp3) is 0.520. The highest BCUT2D eigenvalue weighted by molar-refractivity contribution is 5.74. The Hall–Kier alpha value is -2.60. The van der Waals surface area contributed by atoms with E-state index in [2.05, 4.69) is 74.8 Å². The van der Waals surface area contributed by atoms with Gasteiger partial charge in [0, 0.05) is 51.5 Å². The molecule has 0 radical (unpaired) electrons. The van der Waals surface area contributed by atoms with Crippen LogP contribution in [0.4, 0.5) is 10.6 Å². The van der Waals surface area contributed by atoms with E-state index < -0.39 is 0 Å². The van der Waals surface area contributed by atoms with Gasteiger partial charge in [0.05, 0.1) is 0 Å². The molecule has 6 nitrogen and oxygen atoms in total. The molecule has 2 fully saturated rings. The van der Waals surface area contributed by atoms with Gasteiger partial charge < -0.3 is 15.5 Å². The zero-order chi connectivity index (χ0) is 21.5. The van der Waals surface area contributed by atoms with Crippen LogP contribution in [0.1, 0.15) is 43.7 Å². The molecule has 2 aliphatic rings. The molecule has 166 valence electrons. The minimum Gasteiger partial charge on any atom is -0.357 e. The van der Waals surface area contributed by atoms with Crippen molar-refractivity contribution in [3.05, 3.63) is 59.8 Å². The van der Waals surface area contributed by atoms with Gasteiger partial charge in [0.25, 0.3) is 0 Å². The van der Waals surface area contributed by atoms with E-state index in [9.17, 15) is 4.79 Å². The van der Waals surface area contributed by atoms with Crippen molar-refractivity contribution >= 4 is 11.8 Å². The molecule has 0 aliphatic carbocycles. The van der Waals surface area contributed by atoms with Gasteiger partial charge in [-0.15, -0.1) is 0 Å². The molecule has 3 heterocycles. The number of amides is 2. The second-order valence-corrected chi connectivity index (χ2v) is 9.06. The van der Waals surface area contributed by atoms with Gasteiger partial charge in [-0.1, -0.05) is 43.3 Å². The first-order chi connectivity index (χ1) is 15.2. The number of hydrogen-bond donors (Lipinski definition) is 2. The molecule has 2 saturated heterocycles. The second kappa shape index (κ2) is 10.6. The normalized spacial score (nSPS) is 18.7. The number of urea groups is 1. The maximum atomic E-state index is 12.3. The van der Waals surface area contributed by atoms with Gasteiger partial charge in [-0.25, -0.2) is 9.78 Å². The summed E-state index contributed by atoms with van der Waals surface area (Å²) in [5.74, 6) is 1.86. The second-order valence-electron chi connectivity index (χ2n) is 9.06. The molecule has 2 aliphatic heterocycles. The predicted molar refractivity (Wildman–Crippen MR) is 125 cm³/mol. The summed E-state index contributed by atoms with van der Waals surface area (Å²) in [6, 6.07) is 14.9. The maximum absolute atomic E-state index is 12.3. The van der Waals surface area contributed by atoms with Crippen molar-refractivity contribution < 1.29 is 4.79 Å². The van der Waals surface area contributed by atoms with E-state index >= 15 is 0 Å². The quantitative estimate of drug-likeness (QED) is 0.745. The van der Waals surface area contributed by atoms with Crippen molar-refractivity contribution in [2.45, 2.75) is 51.7 Å². The Balaban J connectivity index is 1.15. The molecule has 0 spiro atoms. The van der Waals surface area contributed by atoms with Crippen LogP contribution in [-0.4, -0.2) is 48.1 Å². The van der Waals surface area contributed by atoms with Crippen molar-refractivity contribution in [1.29, 1.82) is 0 Å². The lowest BCUT2D eigenvalue weighted by Gasteiger charge is -2.32. The van der Waals surface area contributed by atoms with Crippen molar-refractivity contribution in [3.8, 4) is 0 Å². The van der Waals surface area contributed by atoms with Gasteiger partial charge in [0.1, 0.15) is 5.82 Å². The SMILES string of the molecule is CC1CCN(c2ccc(CNC(=O)NC3CCN(Cc4ccccc4)CC3)cn2)CC1. The summed E-state index contributed by atoms with van der Waals surface area (Å²) < 4.78 is 0. The van der Waals surface area contributed by atoms with Gasteiger partial charge >= 0.3 is 6.03 Å². The van der Waals surface area contributed by atoms with Crippen LogP contribution in [-0.2, 0) is 13.1 Å². The number of piperidine rings is 2. The minimum atomic E-state index is -0.0874. The van der Waals surface area contributed by atoms with Gasteiger partial charge in [0.2, 0.25) is 0 Å². The Kier molecular flexibility index (Phi) is 7.41. The highest BCUT2D eigenvalue weighted by atomic mass is 16.2. The van der Waals surface area contributed by atoms with E-state index in [4.69, 9.17) is 0 Å². The molecule has 6 heteroatoms. The molecular formula is C25H35N5O. The van der Waals surface area contributed by atoms with Crippen molar-refractivity contribution in [2.75, 3.05) is 31.1 Å². The van der Waals surface area contributed by atoms with Gasteiger partial charge in [0.15, 0.2) is 0 Å². The van der Waals surface area contributed by atoms with Gasteiger partial charge in [-0.2, -0.15) is 0 Å². The molecule has 0 saturated carbocycles. The first kappa shape index (κ1) is 21.6. The molecule has 0 atom stereocenters. The molecule has 31 heavy (non-hydrogen) atoms. The van der Waals surface area contributed by atoms with E-state index in [0.717, 1.165) is 62.9 Å². The van der Waals surface area contributed by atoms with Crippen LogP contribution in [0.3, 0.4) is 0 Å². The van der Waals surface area contributed by atoms with Crippen LogP contribution in [0.15, 0.2) is 48.7 Å². The number of anilines is 1. The lowest BCUT2D eigenvalue weighted by molar-refractivity contribution is 0.186. The predicted octanol–water partition coefficient (Wildman–Crippen LogP) is 3.78. The first-order valence-electron chi connectivity index (χ1n) is 11.7. The van der Waals surface area contributed by atoms with Crippen LogP contribution in [0.5, 0.6) is 0 Å². The molecule has 0 bridgehead atoms. The average molecular weight is 422 g/mol. The Morgan fingerprint density at radius 1 is 0.968 bits per heavy atom. The van der Waals surface area contributed by atoms with Crippen LogP contribution in [0.25, 0.3) is 0 Å². The number of carbonyl (C=O) groups excluding carboxylic acids is 1. The molecule has 4 rings (SSSR count). The zero-order valence-electron chi connectivity index (χ0n) is 18.6. The topological polar surface area (TPSA) is 60.5 Å². The summed E-state index contributed by atoms with van der Waals surface area (Å²) in [4.78, 5) is 21.8. The molecule has 2 N–H and O–H groups in total. The number of likely N-dealkylation sites (tertiary alicyclic amines) is 1. The summed E-state index contributed by atoms with van der Waals surface area (Å²) in [7, 11) is 0. The molecule has 1 aromatic heterocycles. The van der Waals surface area contributed by atoms with Crippen LogP contribution < -0.4 is 15.5 Å². The lowest BCUT2D eigenvalue weighted by Crippen LogP contribution is -2.47. The third kappa shape index (κ3) is 6.44.